The minimum Gasteiger partial charge on any atom is -0.507 e. The Balaban J connectivity index is 1.69. The first-order valence-corrected chi connectivity index (χ1v) is 8.39. The molecule has 132 valence electrons. The van der Waals surface area contributed by atoms with Crippen LogP contribution in [0.15, 0.2) is 52.4 Å². The number of benzene rings is 2. The van der Waals surface area contributed by atoms with Gasteiger partial charge < -0.3 is 10.8 Å². The van der Waals surface area contributed by atoms with Gasteiger partial charge in [0.25, 0.3) is 5.95 Å². The first-order chi connectivity index (χ1) is 12.5. The third kappa shape index (κ3) is 4.22. The quantitative estimate of drug-likeness (QED) is 0.546. The maximum absolute atomic E-state index is 9.69. The molecular formula is C20H21N5O. The molecule has 0 aliphatic heterocycles. The molecule has 3 rings (SSSR count). The highest BCUT2D eigenvalue weighted by molar-refractivity contribution is 5.86. The van der Waals surface area contributed by atoms with Crippen LogP contribution in [-0.4, -0.2) is 33.7 Å². The van der Waals surface area contributed by atoms with Crippen LogP contribution in [0.1, 0.15) is 23.2 Å². The van der Waals surface area contributed by atoms with E-state index in [2.05, 4.69) is 26.0 Å². The van der Waals surface area contributed by atoms with Crippen molar-refractivity contribution in [3.8, 4) is 5.75 Å². The Morgan fingerprint density at radius 3 is 2.77 bits per heavy atom. The summed E-state index contributed by atoms with van der Waals surface area (Å²) in [5.41, 5.74) is 9.55. The lowest BCUT2D eigenvalue weighted by Crippen LogP contribution is -2.13. The molecule has 26 heavy (non-hydrogen) atoms. The molecule has 0 spiro atoms. The average Bonchev–Trinajstić information content (AvgIpc) is 2.61. The van der Waals surface area contributed by atoms with Crippen molar-refractivity contribution in [2.45, 2.75) is 20.3 Å². The molecule has 6 heteroatoms. The lowest BCUT2D eigenvalue weighted by atomic mass is 10.1. The zero-order valence-electron chi connectivity index (χ0n) is 14.8. The monoisotopic (exact) mass is 347 g/mol. The molecule has 2 aromatic carbocycles. The molecule has 0 radical (unpaired) electrons. The number of hydrogen-bond acceptors (Lipinski definition) is 5. The second kappa shape index (κ2) is 7.74. The highest BCUT2D eigenvalue weighted by atomic mass is 16.3. The molecule has 0 unspecified atom stereocenters. The molecule has 0 fully saturated rings. The number of phenols is 1. The normalized spacial score (nSPS) is 12.2. The predicted octanol–water partition coefficient (Wildman–Crippen LogP) is 3.45. The molecule has 0 amide bonds. The summed E-state index contributed by atoms with van der Waals surface area (Å²) in [6.45, 7) is 4.45. The summed E-state index contributed by atoms with van der Waals surface area (Å²) in [4.78, 5) is 17.5. The highest BCUT2D eigenvalue weighted by Crippen LogP contribution is 2.20. The fraction of sp³-hybridized carbons (Fsp3) is 0.200. The minimum atomic E-state index is 0.202. The maximum Gasteiger partial charge on any atom is 0.251 e. The number of para-hydroxylation sites is 1. The second-order valence-corrected chi connectivity index (χ2v) is 6.08. The van der Waals surface area contributed by atoms with E-state index in [1.165, 1.54) is 5.56 Å². The molecule has 1 aromatic heterocycles. The van der Waals surface area contributed by atoms with Gasteiger partial charge in [0, 0.05) is 30.1 Å². The summed E-state index contributed by atoms with van der Waals surface area (Å²) in [7, 11) is 0. The molecule has 3 aromatic rings. The number of nitrogens with zero attached hydrogens (tertiary/aromatic N) is 4. The molecular weight excluding hydrogens is 326 g/mol. The number of rotatable bonds is 5. The van der Waals surface area contributed by atoms with E-state index in [0.717, 1.165) is 16.6 Å². The topological polar surface area (TPSA) is 96.8 Å². The minimum absolute atomic E-state index is 0.202. The van der Waals surface area contributed by atoms with E-state index >= 15 is 0 Å². The average molecular weight is 347 g/mol. The summed E-state index contributed by atoms with van der Waals surface area (Å²) in [6, 6.07) is 13.1. The Bertz CT molecular complexity index is 995. The van der Waals surface area contributed by atoms with E-state index in [9.17, 15) is 5.11 Å². The van der Waals surface area contributed by atoms with Gasteiger partial charge in [0.2, 0.25) is 0 Å². The molecule has 3 N–H and O–H groups in total. The summed E-state index contributed by atoms with van der Waals surface area (Å²) in [5.74, 6) is 0.986. The zero-order chi connectivity index (χ0) is 18.5. The van der Waals surface area contributed by atoms with E-state index < -0.39 is 0 Å². The van der Waals surface area contributed by atoms with Crippen molar-refractivity contribution in [1.29, 1.82) is 0 Å². The van der Waals surface area contributed by atoms with Gasteiger partial charge in [0.15, 0.2) is 0 Å². The van der Waals surface area contributed by atoms with Crippen molar-refractivity contribution in [2.75, 3.05) is 6.54 Å². The van der Waals surface area contributed by atoms with Gasteiger partial charge in [0.05, 0.1) is 11.2 Å². The van der Waals surface area contributed by atoms with Gasteiger partial charge >= 0.3 is 0 Å². The number of nitrogens with two attached hydrogens (primary N) is 1. The lowest BCUT2D eigenvalue weighted by Gasteiger charge is -2.04. The fourth-order valence-corrected chi connectivity index (χ4v) is 2.55. The van der Waals surface area contributed by atoms with Crippen molar-refractivity contribution >= 4 is 28.9 Å². The van der Waals surface area contributed by atoms with Crippen LogP contribution in [0, 0.1) is 13.8 Å². The van der Waals surface area contributed by atoms with Gasteiger partial charge in [-0.05, 0) is 38.1 Å². The maximum atomic E-state index is 9.69. The van der Waals surface area contributed by atoms with Gasteiger partial charge in [-0.2, -0.15) is 4.99 Å². The molecule has 0 bridgehead atoms. The number of hydrogen-bond donors (Lipinski definition) is 2. The number of aromatic hydroxyl groups is 1. The third-order valence-corrected chi connectivity index (χ3v) is 3.94. The van der Waals surface area contributed by atoms with Crippen LogP contribution in [0.25, 0.3) is 10.9 Å². The van der Waals surface area contributed by atoms with E-state index in [4.69, 9.17) is 5.73 Å². The molecule has 1 heterocycles. The van der Waals surface area contributed by atoms with Crippen LogP contribution in [0.2, 0.25) is 0 Å². The fourth-order valence-electron chi connectivity index (χ4n) is 2.55. The number of phenolic OH excluding ortho intramolecular Hbond substituents is 1. The van der Waals surface area contributed by atoms with Gasteiger partial charge in [0.1, 0.15) is 11.6 Å². The van der Waals surface area contributed by atoms with Crippen LogP contribution in [-0.2, 0) is 0 Å². The van der Waals surface area contributed by atoms with Crippen molar-refractivity contribution in [3.63, 3.8) is 0 Å². The van der Waals surface area contributed by atoms with Gasteiger partial charge in [-0.15, -0.1) is 0 Å². The molecule has 6 nitrogen and oxygen atoms in total. The summed E-state index contributed by atoms with van der Waals surface area (Å²) in [6.07, 6.45) is 2.11. The summed E-state index contributed by atoms with van der Waals surface area (Å²) >= 11 is 0. The van der Waals surface area contributed by atoms with Gasteiger partial charge in [-0.1, -0.05) is 23.8 Å². The second-order valence-electron chi connectivity index (χ2n) is 6.08. The van der Waals surface area contributed by atoms with E-state index in [1.807, 2.05) is 32.0 Å². The molecule has 0 aliphatic rings. The predicted molar refractivity (Wildman–Crippen MR) is 105 cm³/mol. The van der Waals surface area contributed by atoms with Crippen molar-refractivity contribution in [2.24, 2.45) is 15.7 Å². The molecule has 0 atom stereocenters. The standard InChI is InChI=1S/C20H21N5O/c1-13-7-8-17-16(11-13)14(2)23-20(24-17)25-19(21)9-10-22-12-15-5-3-4-6-18(15)26/h3-8,11-12,26H,9-10H2,1-2H3,(H2,21,23,24,25). The molecule has 0 aliphatic carbocycles. The number of fused-ring (bicyclic) bond motifs is 1. The first kappa shape index (κ1) is 17.5. The van der Waals surface area contributed by atoms with Crippen LogP contribution >= 0.6 is 0 Å². The largest absolute Gasteiger partial charge is 0.507 e. The van der Waals surface area contributed by atoms with Gasteiger partial charge in [-0.25, -0.2) is 9.97 Å². The number of aliphatic imine (C=N–C) groups is 2. The Hall–Kier alpha value is -3.28. The Morgan fingerprint density at radius 1 is 1.15 bits per heavy atom. The first-order valence-electron chi connectivity index (χ1n) is 8.39. The van der Waals surface area contributed by atoms with Crippen LogP contribution in [0.3, 0.4) is 0 Å². The lowest BCUT2D eigenvalue weighted by molar-refractivity contribution is 0.474. The smallest absolute Gasteiger partial charge is 0.251 e. The van der Waals surface area contributed by atoms with Crippen molar-refractivity contribution < 1.29 is 5.11 Å². The summed E-state index contributed by atoms with van der Waals surface area (Å²) in [5, 5.41) is 10.7. The molecule has 0 saturated heterocycles. The van der Waals surface area contributed by atoms with Crippen molar-refractivity contribution in [1.82, 2.24) is 9.97 Å². The van der Waals surface area contributed by atoms with Gasteiger partial charge in [-0.3, -0.25) is 4.99 Å². The van der Waals surface area contributed by atoms with E-state index in [0.29, 0.717) is 30.3 Å². The third-order valence-electron chi connectivity index (χ3n) is 3.94. The van der Waals surface area contributed by atoms with Crippen LogP contribution in [0.5, 0.6) is 5.75 Å². The van der Waals surface area contributed by atoms with E-state index in [-0.39, 0.29) is 5.75 Å². The highest BCUT2D eigenvalue weighted by Gasteiger charge is 2.05. The summed E-state index contributed by atoms with van der Waals surface area (Å²) < 4.78 is 0. The Morgan fingerprint density at radius 2 is 1.96 bits per heavy atom. The SMILES string of the molecule is Cc1ccc2nc(N=C(N)CCN=Cc3ccccc3O)nc(C)c2c1. The Labute approximate surface area is 152 Å². The number of amidine groups is 1. The van der Waals surface area contributed by atoms with Crippen LogP contribution in [0.4, 0.5) is 5.95 Å². The zero-order valence-corrected chi connectivity index (χ0v) is 14.8. The van der Waals surface area contributed by atoms with E-state index in [1.54, 1.807) is 24.4 Å². The number of aryl methyl sites for hydroxylation is 2. The molecule has 0 saturated carbocycles. The number of aromatic nitrogens is 2. The van der Waals surface area contributed by atoms with Crippen LogP contribution < -0.4 is 5.73 Å². The Kier molecular flexibility index (Phi) is 5.22. The van der Waals surface area contributed by atoms with Crippen molar-refractivity contribution in [3.05, 3.63) is 59.3 Å².